The van der Waals surface area contributed by atoms with E-state index in [1.54, 1.807) is 35.9 Å². The summed E-state index contributed by atoms with van der Waals surface area (Å²) in [5.41, 5.74) is 5.04. The molecular formula is C25H26N6O3S3. The van der Waals surface area contributed by atoms with Crippen LogP contribution in [0.3, 0.4) is 0 Å². The highest BCUT2D eigenvalue weighted by molar-refractivity contribution is 7.92. The first-order valence-corrected chi connectivity index (χ1v) is 14.6. The lowest BCUT2D eigenvalue weighted by Gasteiger charge is -2.28. The van der Waals surface area contributed by atoms with Crippen LogP contribution in [-0.4, -0.2) is 41.4 Å². The highest BCUT2D eigenvalue weighted by atomic mass is 32.2. The molecule has 1 fully saturated rings. The molecule has 0 unspecified atom stereocenters. The molecule has 3 aromatic heterocycles. The molecule has 0 aliphatic carbocycles. The summed E-state index contributed by atoms with van der Waals surface area (Å²) in [6.45, 7) is 4.13. The van der Waals surface area contributed by atoms with E-state index in [0.717, 1.165) is 34.0 Å². The Labute approximate surface area is 225 Å². The van der Waals surface area contributed by atoms with Gasteiger partial charge in [-0.05, 0) is 68.0 Å². The lowest BCUT2D eigenvalue weighted by Crippen LogP contribution is -2.29. The molecule has 4 aromatic rings. The van der Waals surface area contributed by atoms with E-state index >= 15 is 0 Å². The van der Waals surface area contributed by atoms with Crippen LogP contribution >= 0.6 is 23.6 Å². The summed E-state index contributed by atoms with van der Waals surface area (Å²) in [7, 11) is -2.04. The molecule has 0 amide bonds. The number of anilines is 2. The van der Waals surface area contributed by atoms with Gasteiger partial charge < -0.3 is 15.0 Å². The molecule has 4 heterocycles. The van der Waals surface area contributed by atoms with E-state index in [2.05, 4.69) is 44.5 Å². The van der Waals surface area contributed by atoms with E-state index in [0.29, 0.717) is 22.2 Å². The van der Waals surface area contributed by atoms with Gasteiger partial charge in [0.2, 0.25) is 10.0 Å². The van der Waals surface area contributed by atoms with Crippen molar-refractivity contribution in [1.29, 1.82) is 0 Å². The molecule has 0 bridgehead atoms. The third-order valence-corrected chi connectivity index (χ3v) is 7.92. The molecule has 0 radical (unpaired) electrons. The van der Waals surface area contributed by atoms with Crippen LogP contribution in [-0.2, 0) is 10.0 Å². The normalized spacial score (nSPS) is 17.6. The Bertz CT molecular complexity index is 1550. The largest absolute Gasteiger partial charge is 0.495 e. The number of aromatic nitrogens is 3. The molecule has 1 aromatic carbocycles. The zero-order valence-electron chi connectivity index (χ0n) is 20.7. The SMILES string of the molecule is COc1ccc(N2C(=S)N[C@H](c3ccccn3)[C@@H]2c2cc(C)n(-c3nccs3)c2C)cc1NS(C)(=O)=O. The lowest BCUT2D eigenvalue weighted by atomic mass is 9.96. The van der Waals surface area contributed by atoms with E-state index in [-0.39, 0.29) is 12.1 Å². The van der Waals surface area contributed by atoms with Crippen molar-refractivity contribution in [2.75, 3.05) is 23.0 Å². The summed E-state index contributed by atoms with van der Waals surface area (Å²) in [5, 5.41) is 6.81. The number of hydrogen-bond acceptors (Lipinski definition) is 7. The standard InChI is InChI=1S/C25H26N6O3S3/c1-15-13-18(16(2)30(15)25-27-11-12-36-25)23-22(19-7-5-6-10-26-19)28-24(35)31(23)17-8-9-21(34-3)20(14-17)29-37(4,32)33/h5-14,22-23,29H,1-4H3,(H,28,35)/t22-,23+/m1/s1. The van der Waals surface area contributed by atoms with Crippen molar-refractivity contribution in [2.24, 2.45) is 0 Å². The zero-order valence-corrected chi connectivity index (χ0v) is 23.1. The first kappa shape index (κ1) is 25.2. The van der Waals surface area contributed by atoms with Crippen LogP contribution in [0.4, 0.5) is 11.4 Å². The van der Waals surface area contributed by atoms with Gasteiger partial charge in [-0.2, -0.15) is 0 Å². The number of pyridine rings is 1. The fourth-order valence-electron chi connectivity index (χ4n) is 4.78. The van der Waals surface area contributed by atoms with Crippen molar-refractivity contribution in [1.82, 2.24) is 19.9 Å². The van der Waals surface area contributed by atoms with Crippen LogP contribution in [0.5, 0.6) is 5.75 Å². The van der Waals surface area contributed by atoms with E-state index < -0.39 is 10.0 Å². The molecule has 0 saturated carbocycles. The molecule has 37 heavy (non-hydrogen) atoms. The molecule has 1 saturated heterocycles. The van der Waals surface area contributed by atoms with Gasteiger partial charge in [-0.3, -0.25) is 14.3 Å². The summed E-state index contributed by atoms with van der Waals surface area (Å²) in [6, 6.07) is 12.8. The van der Waals surface area contributed by atoms with Gasteiger partial charge in [0.05, 0.1) is 36.8 Å². The minimum Gasteiger partial charge on any atom is -0.495 e. The molecule has 1 aliphatic heterocycles. The van der Waals surface area contributed by atoms with Crippen molar-refractivity contribution in [3.8, 4) is 10.9 Å². The molecular weight excluding hydrogens is 529 g/mol. The first-order chi connectivity index (χ1) is 17.7. The number of aryl methyl sites for hydroxylation is 1. The maximum absolute atomic E-state index is 12.1. The maximum Gasteiger partial charge on any atom is 0.229 e. The number of ether oxygens (including phenoxy) is 1. The van der Waals surface area contributed by atoms with Crippen LogP contribution in [0.2, 0.25) is 0 Å². The fraction of sp³-hybridized carbons (Fsp3) is 0.240. The Kier molecular flexibility index (Phi) is 6.65. The first-order valence-electron chi connectivity index (χ1n) is 11.4. The van der Waals surface area contributed by atoms with Gasteiger partial charge in [0.15, 0.2) is 10.2 Å². The van der Waals surface area contributed by atoms with E-state index in [1.807, 2.05) is 34.5 Å². The van der Waals surface area contributed by atoms with Crippen LogP contribution in [0, 0.1) is 13.8 Å². The minimum atomic E-state index is -3.53. The quantitative estimate of drug-likeness (QED) is 0.322. The maximum atomic E-state index is 12.1. The van der Waals surface area contributed by atoms with Crippen LogP contribution < -0.4 is 19.7 Å². The number of methoxy groups -OCH3 is 1. The third kappa shape index (κ3) is 4.79. The zero-order chi connectivity index (χ0) is 26.3. The van der Waals surface area contributed by atoms with Crippen molar-refractivity contribution in [3.05, 3.63) is 82.9 Å². The number of benzene rings is 1. The Morgan fingerprint density at radius 3 is 2.59 bits per heavy atom. The topological polar surface area (TPSA) is 101 Å². The van der Waals surface area contributed by atoms with Crippen molar-refractivity contribution >= 4 is 50.1 Å². The fourth-order valence-corrected chi connectivity index (χ4v) is 6.44. The van der Waals surface area contributed by atoms with Crippen LogP contribution in [0.25, 0.3) is 5.13 Å². The number of thiazole rings is 1. The van der Waals surface area contributed by atoms with Gasteiger partial charge in [0.1, 0.15) is 5.75 Å². The van der Waals surface area contributed by atoms with Crippen LogP contribution in [0.1, 0.15) is 34.7 Å². The second kappa shape index (κ2) is 9.77. The second-order valence-corrected chi connectivity index (χ2v) is 11.7. The van der Waals surface area contributed by atoms with Gasteiger partial charge in [-0.1, -0.05) is 6.07 Å². The van der Waals surface area contributed by atoms with Gasteiger partial charge >= 0.3 is 0 Å². The number of nitrogens with zero attached hydrogens (tertiary/aromatic N) is 4. The number of sulfonamides is 1. The van der Waals surface area contributed by atoms with Crippen molar-refractivity contribution < 1.29 is 13.2 Å². The molecule has 1 aliphatic rings. The van der Waals surface area contributed by atoms with Gasteiger partial charge in [-0.15, -0.1) is 11.3 Å². The highest BCUT2D eigenvalue weighted by Gasteiger charge is 2.42. The average Bonchev–Trinajstić information content (AvgIpc) is 3.56. The molecule has 2 N–H and O–H groups in total. The predicted molar refractivity (Wildman–Crippen MR) is 150 cm³/mol. The number of hydrogen-bond donors (Lipinski definition) is 2. The third-order valence-electron chi connectivity index (χ3n) is 6.25. The van der Waals surface area contributed by atoms with Crippen LogP contribution in [0.15, 0.2) is 60.2 Å². The minimum absolute atomic E-state index is 0.243. The molecule has 5 rings (SSSR count). The number of nitrogens with one attached hydrogen (secondary N) is 2. The van der Waals surface area contributed by atoms with Gasteiger partial charge in [0.25, 0.3) is 0 Å². The van der Waals surface area contributed by atoms with E-state index in [1.165, 1.54) is 7.11 Å². The summed E-state index contributed by atoms with van der Waals surface area (Å²) < 4.78 is 34.2. The number of rotatable bonds is 7. The smallest absolute Gasteiger partial charge is 0.229 e. The van der Waals surface area contributed by atoms with Gasteiger partial charge in [-0.25, -0.2) is 13.4 Å². The molecule has 12 heteroatoms. The van der Waals surface area contributed by atoms with E-state index in [9.17, 15) is 8.42 Å². The summed E-state index contributed by atoms with van der Waals surface area (Å²) in [6.07, 6.45) is 4.66. The molecule has 192 valence electrons. The average molecular weight is 555 g/mol. The Morgan fingerprint density at radius 2 is 1.95 bits per heavy atom. The summed E-state index contributed by atoms with van der Waals surface area (Å²) in [5.74, 6) is 0.409. The van der Waals surface area contributed by atoms with Crippen molar-refractivity contribution in [3.63, 3.8) is 0 Å². The molecule has 2 atom stereocenters. The highest BCUT2D eigenvalue weighted by Crippen LogP contribution is 2.45. The Hall–Kier alpha value is -3.48. The Balaban J connectivity index is 1.68. The molecule has 0 spiro atoms. The van der Waals surface area contributed by atoms with E-state index in [4.69, 9.17) is 17.0 Å². The predicted octanol–water partition coefficient (Wildman–Crippen LogP) is 4.50. The molecule has 9 nitrogen and oxygen atoms in total. The monoisotopic (exact) mass is 554 g/mol. The lowest BCUT2D eigenvalue weighted by molar-refractivity contribution is 0.417. The Morgan fingerprint density at radius 1 is 1.14 bits per heavy atom. The summed E-state index contributed by atoms with van der Waals surface area (Å²) in [4.78, 5) is 11.2. The van der Waals surface area contributed by atoms with Crippen molar-refractivity contribution in [2.45, 2.75) is 25.9 Å². The second-order valence-electron chi connectivity index (χ2n) is 8.73. The number of thiocarbonyl (C=S) groups is 1. The van der Waals surface area contributed by atoms with Gasteiger partial charge in [0, 0.05) is 34.8 Å². The summed E-state index contributed by atoms with van der Waals surface area (Å²) >= 11 is 7.43.